The van der Waals surface area contributed by atoms with Gasteiger partial charge in [0.05, 0.1) is 0 Å². The zero-order chi connectivity index (χ0) is 13.1. The molecule has 0 bridgehead atoms. The van der Waals surface area contributed by atoms with Gasteiger partial charge < -0.3 is 10.1 Å². The monoisotopic (exact) mass is 240 g/mol. The molecule has 0 saturated heterocycles. The Bertz CT molecular complexity index is 287. The lowest BCUT2D eigenvalue weighted by Crippen LogP contribution is -2.20. The maximum absolute atomic E-state index is 11.2. The summed E-state index contributed by atoms with van der Waals surface area (Å²) in [5, 5.41) is 2.24. The first-order chi connectivity index (χ1) is 8.10. The van der Waals surface area contributed by atoms with Gasteiger partial charge in [0.15, 0.2) is 0 Å². The van der Waals surface area contributed by atoms with Gasteiger partial charge in [0.1, 0.15) is 12.4 Å². The molecule has 1 N–H and O–H groups in total. The molecule has 0 saturated carbocycles. The maximum atomic E-state index is 11.2. The van der Waals surface area contributed by atoms with Crippen LogP contribution in [0.4, 0.5) is 4.79 Å². The predicted molar refractivity (Wildman–Crippen MR) is 66.9 cm³/mol. The van der Waals surface area contributed by atoms with Crippen LogP contribution in [-0.2, 0) is 9.53 Å². The van der Waals surface area contributed by atoms with E-state index in [9.17, 15) is 9.59 Å². The molecule has 1 atom stereocenters. The van der Waals surface area contributed by atoms with Crippen molar-refractivity contribution in [1.29, 1.82) is 0 Å². The van der Waals surface area contributed by atoms with Crippen molar-refractivity contribution < 1.29 is 14.3 Å². The molecule has 1 unspecified atom stereocenters. The molecule has 0 aliphatic heterocycles. The second kappa shape index (κ2) is 9.57. The van der Waals surface area contributed by atoms with Crippen molar-refractivity contribution in [2.75, 3.05) is 0 Å². The molecule has 0 fully saturated rings. The molecule has 0 aromatic rings. The van der Waals surface area contributed by atoms with E-state index < -0.39 is 12.0 Å². The highest BCUT2D eigenvalue weighted by molar-refractivity contribution is 5.96. The van der Waals surface area contributed by atoms with E-state index >= 15 is 0 Å². The largest absolute Gasteiger partial charge is 0.445 e. The van der Waals surface area contributed by atoms with Crippen molar-refractivity contribution >= 4 is 18.3 Å². The number of aliphatic imine (C=N–C) groups is 1. The summed E-state index contributed by atoms with van der Waals surface area (Å²) in [6, 6.07) is 0. The van der Waals surface area contributed by atoms with Crippen LogP contribution in [0, 0.1) is 0 Å². The first-order valence-electron chi connectivity index (χ1n) is 5.76. The van der Waals surface area contributed by atoms with E-state index in [1.54, 1.807) is 0 Å². The molecule has 2 amide bonds. The zero-order valence-electron chi connectivity index (χ0n) is 10.4. The van der Waals surface area contributed by atoms with Gasteiger partial charge in [0.2, 0.25) is 5.91 Å². The number of rotatable bonds is 7. The minimum Gasteiger partial charge on any atom is -0.445 e. The van der Waals surface area contributed by atoms with Crippen molar-refractivity contribution in [3.8, 4) is 0 Å². The van der Waals surface area contributed by atoms with E-state index in [4.69, 9.17) is 4.74 Å². The Labute approximate surface area is 102 Å². The highest BCUT2D eigenvalue weighted by Crippen LogP contribution is 2.06. The van der Waals surface area contributed by atoms with Crippen LogP contribution >= 0.6 is 0 Å². The average molecular weight is 240 g/mol. The number of amides is 2. The van der Waals surface area contributed by atoms with E-state index in [1.807, 2.05) is 6.92 Å². The Kier molecular flexibility index (Phi) is 8.64. The zero-order valence-corrected chi connectivity index (χ0v) is 10.4. The van der Waals surface area contributed by atoms with Crippen molar-refractivity contribution in [2.45, 2.75) is 45.6 Å². The summed E-state index contributed by atoms with van der Waals surface area (Å²) in [4.78, 5) is 25.3. The predicted octanol–water partition coefficient (Wildman–Crippen LogP) is 2.42. The fourth-order valence-electron chi connectivity index (χ4n) is 1.15. The first kappa shape index (κ1) is 15.3. The lowest BCUT2D eigenvalue weighted by Gasteiger charge is -2.10. The van der Waals surface area contributed by atoms with Crippen molar-refractivity contribution in [1.82, 2.24) is 5.32 Å². The van der Waals surface area contributed by atoms with Crippen molar-refractivity contribution in [2.24, 2.45) is 4.99 Å². The molecule has 0 heterocycles. The smallest absolute Gasteiger partial charge is 0.435 e. The number of carbonyl (C=O) groups excluding carboxylic acids is 2. The van der Waals surface area contributed by atoms with Crippen LogP contribution < -0.4 is 5.32 Å². The summed E-state index contributed by atoms with van der Waals surface area (Å²) < 4.78 is 5.00. The summed E-state index contributed by atoms with van der Waals surface area (Å²) >= 11 is 0. The lowest BCUT2D eigenvalue weighted by atomic mass is 10.1. The summed E-state index contributed by atoms with van der Waals surface area (Å²) in [6.45, 7) is 7.20. The molecule has 0 rings (SSSR count). The van der Waals surface area contributed by atoms with Gasteiger partial charge in [-0.25, -0.2) is 4.79 Å². The lowest BCUT2D eigenvalue weighted by molar-refractivity contribution is -0.115. The van der Waals surface area contributed by atoms with Crippen LogP contribution in [0.1, 0.15) is 39.5 Å². The molecule has 17 heavy (non-hydrogen) atoms. The molecule has 0 aliphatic rings. The van der Waals surface area contributed by atoms with Gasteiger partial charge in [-0.05, 0) is 25.8 Å². The van der Waals surface area contributed by atoms with Gasteiger partial charge in [-0.2, -0.15) is 4.99 Å². The van der Waals surface area contributed by atoms with Gasteiger partial charge in [-0.3, -0.25) is 4.79 Å². The SMILES string of the molecule is C=CC(=O)NC=NC(=O)OC(C)CCCCC. The van der Waals surface area contributed by atoms with E-state index in [0.717, 1.165) is 38.1 Å². The van der Waals surface area contributed by atoms with Gasteiger partial charge in [0.25, 0.3) is 0 Å². The van der Waals surface area contributed by atoms with E-state index in [-0.39, 0.29) is 6.10 Å². The third-order valence-electron chi connectivity index (χ3n) is 2.08. The molecule has 5 heteroatoms. The Morgan fingerprint density at radius 3 is 2.76 bits per heavy atom. The highest BCUT2D eigenvalue weighted by Gasteiger charge is 2.06. The molecule has 0 aromatic carbocycles. The first-order valence-corrected chi connectivity index (χ1v) is 5.76. The molecule has 0 aromatic heterocycles. The summed E-state index contributed by atoms with van der Waals surface area (Å²) in [5.74, 6) is -0.419. The minimum atomic E-state index is -0.696. The highest BCUT2D eigenvalue weighted by atomic mass is 16.6. The minimum absolute atomic E-state index is 0.152. The van der Waals surface area contributed by atoms with E-state index in [0.29, 0.717) is 0 Å². The Morgan fingerprint density at radius 1 is 1.47 bits per heavy atom. The van der Waals surface area contributed by atoms with Crippen LogP contribution in [0.25, 0.3) is 0 Å². The number of hydrogen-bond acceptors (Lipinski definition) is 3. The summed E-state index contributed by atoms with van der Waals surface area (Å²) in [7, 11) is 0. The standard InChI is InChI=1S/C12H20N2O3/c1-4-6-7-8-10(3)17-12(16)14-9-13-11(15)5-2/h5,9-10H,2,4,6-8H2,1,3H3,(H,13,14,15,16). The quantitative estimate of drug-likeness (QED) is 0.321. The van der Waals surface area contributed by atoms with Gasteiger partial charge in [-0.15, -0.1) is 0 Å². The molecule has 0 radical (unpaired) electrons. The normalized spacial score (nSPS) is 12.1. The number of ether oxygens (including phenoxy) is 1. The molecule has 5 nitrogen and oxygen atoms in total. The Hall–Kier alpha value is -1.65. The number of nitrogens with one attached hydrogen (secondary N) is 1. The van der Waals surface area contributed by atoms with E-state index in [2.05, 4.69) is 23.8 Å². The fraction of sp³-hybridized carbons (Fsp3) is 0.583. The topological polar surface area (TPSA) is 67.8 Å². The number of carbonyl (C=O) groups is 2. The number of nitrogens with zero attached hydrogens (tertiary/aromatic N) is 1. The second-order valence-corrected chi connectivity index (χ2v) is 3.66. The molecular formula is C12H20N2O3. The van der Waals surface area contributed by atoms with Gasteiger partial charge >= 0.3 is 6.09 Å². The average Bonchev–Trinajstić information content (AvgIpc) is 2.29. The van der Waals surface area contributed by atoms with E-state index in [1.165, 1.54) is 0 Å². The number of hydrogen-bond donors (Lipinski definition) is 1. The molecular weight excluding hydrogens is 220 g/mol. The van der Waals surface area contributed by atoms with Crippen molar-refractivity contribution in [3.05, 3.63) is 12.7 Å². The molecule has 96 valence electrons. The van der Waals surface area contributed by atoms with Gasteiger partial charge in [-0.1, -0.05) is 26.3 Å². The molecule has 0 aliphatic carbocycles. The fourth-order valence-corrected chi connectivity index (χ4v) is 1.15. The third-order valence-corrected chi connectivity index (χ3v) is 2.08. The summed E-state index contributed by atoms with van der Waals surface area (Å²) in [5.41, 5.74) is 0. The maximum Gasteiger partial charge on any atom is 0.435 e. The van der Waals surface area contributed by atoms with Crippen LogP contribution in [0.15, 0.2) is 17.6 Å². The van der Waals surface area contributed by atoms with Crippen molar-refractivity contribution in [3.63, 3.8) is 0 Å². The van der Waals surface area contributed by atoms with Crippen LogP contribution in [0.5, 0.6) is 0 Å². The van der Waals surface area contributed by atoms with Crippen LogP contribution in [0.2, 0.25) is 0 Å². The second-order valence-electron chi connectivity index (χ2n) is 3.66. The Morgan fingerprint density at radius 2 is 2.18 bits per heavy atom. The Balaban J connectivity index is 3.76. The summed E-state index contributed by atoms with van der Waals surface area (Å²) in [6.07, 6.45) is 5.36. The third kappa shape index (κ3) is 9.29. The molecule has 0 spiro atoms. The van der Waals surface area contributed by atoms with Crippen LogP contribution in [0.3, 0.4) is 0 Å². The van der Waals surface area contributed by atoms with Crippen LogP contribution in [-0.4, -0.2) is 24.4 Å². The number of unbranched alkanes of at least 4 members (excludes halogenated alkanes) is 2. The van der Waals surface area contributed by atoms with Gasteiger partial charge in [0, 0.05) is 0 Å².